The van der Waals surface area contributed by atoms with Crippen molar-refractivity contribution < 1.29 is 13.2 Å². The molecule has 110 valence electrons. The number of aromatic nitrogens is 1. The molecular weight excluding hydrogens is 314 g/mol. The predicted octanol–water partition coefficient (Wildman–Crippen LogP) is 1.45. The first-order chi connectivity index (χ1) is 9.92. The molecule has 0 aliphatic carbocycles. The van der Waals surface area contributed by atoms with E-state index in [1.54, 1.807) is 18.2 Å². The lowest BCUT2D eigenvalue weighted by atomic mass is 10.3. The van der Waals surface area contributed by atoms with Crippen LogP contribution in [0.2, 0.25) is 0 Å². The van der Waals surface area contributed by atoms with Gasteiger partial charge in [0.2, 0.25) is 0 Å². The van der Waals surface area contributed by atoms with Gasteiger partial charge in [0.25, 0.3) is 10.0 Å². The van der Waals surface area contributed by atoms with Crippen LogP contribution >= 0.6 is 11.3 Å². The van der Waals surface area contributed by atoms with E-state index in [9.17, 15) is 13.2 Å². The van der Waals surface area contributed by atoms with Gasteiger partial charge in [-0.15, -0.1) is 0 Å². The van der Waals surface area contributed by atoms with Crippen molar-refractivity contribution in [3.63, 3.8) is 0 Å². The molecule has 0 atom stereocenters. The lowest BCUT2D eigenvalue weighted by Gasteiger charge is -2.08. The van der Waals surface area contributed by atoms with Gasteiger partial charge < -0.3 is 9.72 Å². The van der Waals surface area contributed by atoms with Gasteiger partial charge in [-0.05, 0) is 19.1 Å². The van der Waals surface area contributed by atoms with Crippen LogP contribution in [0, 0.1) is 18.3 Å². The number of nitrogens with zero attached hydrogens (tertiary/aromatic N) is 1. The van der Waals surface area contributed by atoms with Crippen molar-refractivity contribution in [2.24, 2.45) is 0 Å². The van der Waals surface area contributed by atoms with E-state index in [0.29, 0.717) is 17.1 Å². The van der Waals surface area contributed by atoms with Crippen molar-refractivity contribution in [1.29, 1.82) is 5.26 Å². The zero-order chi connectivity index (χ0) is 15.5. The Bertz CT molecular complexity index is 846. The van der Waals surface area contributed by atoms with Gasteiger partial charge in [0, 0.05) is 11.8 Å². The highest BCUT2D eigenvalue weighted by molar-refractivity contribution is 7.94. The van der Waals surface area contributed by atoms with Gasteiger partial charge >= 0.3 is 4.87 Å². The van der Waals surface area contributed by atoms with E-state index in [0.717, 1.165) is 0 Å². The Morgan fingerprint density at radius 3 is 2.86 bits per heavy atom. The van der Waals surface area contributed by atoms with Crippen molar-refractivity contribution in [1.82, 2.24) is 4.98 Å². The molecule has 21 heavy (non-hydrogen) atoms. The van der Waals surface area contributed by atoms with Gasteiger partial charge in [-0.1, -0.05) is 17.4 Å². The number of ether oxygens (including phenoxy) is 1. The third-order valence-corrected chi connectivity index (χ3v) is 5.40. The summed E-state index contributed by atoms with van der Waals surface area (Å²) in [6, 6.07) is 8.02. The third kappa shape index (κ3) is 3.62. The Morgan fingerprint density at radius 2 is 2.24 bits per heavy atom. The number of anilines is 1. The first kappa shape index (κ1) is 15.1. The number of thiazole rings is 1. The quantitative estimate of drug-likeness (QED) is 0.864. The zero-order valence-corrected chi connectivity index (χ0v) is 12.5. The Labute approximate surface area is 124 Å². The number of nitrogens with one attached hydrogen (secondary N) is 2. The van der Waals surface area contributed by atoms with Crippen molar-refractivity contribution in [2.45, 2.75) is 11.1 Å². The fourth-order valence-electron chi connectivity index (χ4n) is 1.61. The molecule has 7 nitrogen and oxygen atoms in total. The first-order valence-corrected chi connectivity index (χ1v) is 8.04. The number of benzene rings is 1. The summed E-state index contributed by atoms with van der Waals surface area (Å²) in [4.78, 5) is 13.2. The molecule has 0 unspecified atom stereocenters. The molecule has 0 aliphatic heterocycles. The number of sulfonamides is 1. The largest absolute Gasteiger partial charge is 0.479 e. The summed E-state index contributed by atoms with van der Waals surface area (Å²) in [5.41, 5.74) is 0.570. The third-order valence-electron chi connectivity index (χ3n) is 2.41. The summed E-state index contributed by atoms with van der Waals surface area (Å²) in [5.74, 6) is 0.371. The summed E-state index contributed by atoms with van der Waals surface area (Å²) >= 11 is 0.623. The minimum Gasteiger partial charge on any atom is -0.479 e. The molecule has 2 aromatic rings. The van der Waals surface area contributed by atoms with Crippen LogP contribution < -0.4 is 14.3 Å². The monoisotopic (exact) mass is 325 g/mol. The molecule has 9 heteroatoms. The molecule has 2 rings (SSSR count). The number of hydrogen-bond acceptors (Lipinski definition) is 6. The minimum absolute atomic E-state index is 0.0594. The molecule has 0 saturated heterocycles. The highest BCUT2D eigenvalue weighted by Gasteiger charge is 2.20. The predicted molar refractivity (Wildman–Crippen MR) is 78.0 cm³/mol. The van der Waals surface area contributed by atoms with Gasteiger partial charge in [0.05, 0.1) is 5.69 Å². The maximum Gasteiger partial charge on any atom is 0.306 e. The normalized spacial score (nSPS) is 10.9. The van der Waals surface area contributed by atoms with Crippen molar-refractivity contribution in [3.05, 3.63) is 39.6 Å². The molecule has 0 fully saturated rings. The van der Waals surface area contributed by atoms with Crippen LogP contribution in [-0.2, 0) is 10.0 Å². The van der Waals surface area contributed by atoms with Gasteiger partial charge in [0.1, 0.15) is 11.8 Å². The molecular formula is C12H11N3O4S2. The summed E-state index contributed by atoms with van der Waals surface area (Å²) < 4.78 is 31.8. The van der Waals surface area contributed by atoms with Crippen LogP contribution in [0.1, 0.15) is 5.69 Å². The molecule has 1 aromatic heterocycles. The fraction of sp³-hybridized carbons (Fsp3) is 0.167. The lowest BCUT2D eigenvalue weighted by Crippen LogP contribution is -2.12. The van der Waals surface area contributed by atoms with Gasteiger partial charge in [-0.3, -0.25) is 9.52 Å². The van der Waals surface area contributed by atoms with Crippen LogP contribution in [0.25, 0.3) is 0 Å². The molecule has 0 amide bonds. The number of hydrogen-bond donors (Lipinski definition) is 2. The maximum absolute atomic E-state index is 12.2. The molecule has 1 heterocycles. The van der Waals surface area contributed by atoms with Crippen LogP contribution in [0.5, 0.6) is 5.75 Å². The lowest BCUT2D eigenvalue weighted by molar-refractivity contribution is 0.368. The first-order valence-electron chi connectivity index (χ1n) is 5.75. The molecule has 0 saturated carbocycles. The number of aryl methyl sites for hydroxylation is 1. The van der Waals surface area contributed by atoms with Crippen molar-refractivity contribution in [3.8, 4) is 11.8 Å². The van der Waals surface area contributed by atoms with E-state index in [1.807, 2.05) is 6.07 Å². The summed E-state index contributed by atoms with van der Waals surface area (Å²) in [6.07, 6.45) is 0. The second kappa shape index (κ2) is 5.99. The average molecular weight is 325 g/mol. The standard InChI is InChI=1S/C12H11N3O4S2/c1-8-11(20-12(16)14-8)21(17,18)15-9-3-2-4-10(7-9)19-6-5-13/h2-4,7,15H,6H2,1H3,(H,14,16). The van der Waals surface area contributed by atoms with E-state index in [4.69, 9.17) is 10.00 Å². The Kier molecular flexibility index (Phi) is 4.30. The van der Waals surface area contributed by atoms with Crippen LogP contribution in [-0.4, -0.2) is 20.0 Å². The summed E-state index contributed by atoms with van der Waals surface area (Å²) in [5, 5.41) is 8.45. The molecule has 2 N–H and O–H groups in total. The summed E-state index contributed by atoms with van der Waals surface area (Å²) in [6.45, 7) is 1.38. The molecule has 0 aliphatic rings. The number of rotatable bonds is 5. The van der Waals surface area contributed by atoms with Gasteiger partial charge in [-0.2, -0.15) is 5.26 Å². The molecule has 0 bridgehead atoms. The molecule has 1 aromatic carbocycles. The summed E-state index contributed by atoms with van der Waals surface area (Å²) in [7, 11) is -3.84. The van der Waals surface area contributed by atoms with Crippen molar-refractivity contribution in [2.75, 3.05) is 11.3 Å². The van der Waals surface area contributed by atoms with E-state index in [2.05, 4.69) is 9.71 Å². The van der Waals surface area contributed by atoms with Crippen molar-refractivity contribution >= 4 is 27.0 Å². The van der Waals surface area contributed by atoms with Gasteiger partial charge in [-0.25, -0.2) is 8.42 Å². The molecule has 0 radical (unpaired) electrons. The van der Waals surface area contributed by atoms with Crippen LogP contribution in [0.15, 0.2) is 33.3 Å². The Morgan fingerprint density at radius 1 is 1.48 bits per heavy atom. The number of H-pyrrole nitrogens is 1. The second-order valence-electron chi connectivity index (χ2n) is 4.01. The number of aromatic amines is 1. The fourth-order valence-corrected chi connectivity index (χ4v) is 3.96. The van der Waals surface area contributed by atoms with E-state index in [-0.39, 0.29) is 22.2 Å². The average Bonchev–Trinajstić information content (AvgIpc) is 2.76. The van der Waals surface area contributed by atoms with E-state index >= 15 is 0 Å². The SMILES string of the molecule is Cc1[nH]c(=O)sc1S(=O)(=O)Nc1cccc(OCC#N)c1. The van der Waals surface area contributed by atoms with E-state index < -0.39 is 14.9 Å². The second-order valence-corrected chi connectivity index (χ2v) is 6.87. The molecule has 0 spiro atoms. The number of nitriles is 1. The van der Waals surface area contributed by atoms with Crippen LogP contribution in [0.3, 0.4) is 0 Å². The minimum atomic E-state index is -3.84. The van der Waals surface area contributed by atoms with E-state index in [1.165, 1.54) is 13.0 Å². The highest BCUT2D eigenvalue weighted by atomic mass is 32.2. The van der Waals surface area contributed by atoms with Gasteiger partial charge in [0.15, 0.2) is 10.8 Å². The van der Waals surface area contributed by atoms with Crippen LogP contribution in [0.4, 0.5) is 5.69 Å². The zero-order valence-electron chi connectivity index (χ0n) is 10.9. The Balaban J connectivity index is 2.27. The topological polar surface area (TPSA) is 112 Å². The Hall–Kier alpha value is -2.31. The smallest absolute Gasteiger partial charge is 0.306 e. The maximum atomic E-state index is 12.2. The highest BCUT2D eigenvalue weighted by Crippen LogP contribution is 2.23.